The fraction of sp³-hybridized carbons (Fsp3) is 0.0833. The molecule has 1 amide bonds. The minimum atomic E-state index is -0.436. The first-order valence-corrected chi connectivity index (χ1v) is 10.1. The summed E-state index contributed by atoms with van der Waals surface area (Å²) in [6, 6.07) is 24.8. The normalized spacial score (nSPS) is 10.9. The number of nitrogens with zero attached hydrogens (tertiary/aromatic N) is 1. The Kier molecular flexibility index (Phi) is 7.04. The van der Waals surface area contributed by atoms with Crippen LogP contribution in [0.3, 0.4) is 0 Å². The zero-order valence-corrected chi connectivity index (χ0v) is 18.0. The number of nitriles is 1. The predicted molar refractivity (Wildman–Crippen MR) is 123 cm³/mol. The van der Waals surface area contributed by atoms with Crippen LogP contribution in [0, 0.1) is 21.8 Å². The van der Waals surface area contributed by atoms with Gasteiger partial charge in [0.2, 0.25) is 0 Å². The summed E-state index contributed by atoms with van der Waals surface area (Å²) in [5, 5.41) is 12.1. The topological polar surface area (TPSA) is 62.1 Å². The van der Waals surface area contributed by atoms with E-state index in [1.807, 2.05) is 66.7 Å². The van der Waals surface area contributed by atoms with Gasteiger partial charge in [-0.05, 0) is 82.6 Å². The van der Waals surface area contributed by atoms with Crippen LogP contribution in [0.25, 0.3) is 6.08 Å². The molecule has 0 aliphatic heterocycles. The van der Waals surface area contributed by atoms with Crippen LogP contribution in [0.5, 0.6) is 5.75 Å². The highest BCUT2D eigenvalue weighted by Gasteiger charge is 2.10. The molecule has 0 heterocycles. The van der Waals surface area contributed by atoms with E-state index in [4.69, 9.17) is 4.74 Å². The van der Waals surface area contributed by atoms with Gasteiger partial charge in [0.05, 0.1) is 0 Å². The van der Waals surface area contributed by atoms with Gasteiger partial charge in [-0.25, -0.2) is 0 Å². The van der Waals surface area contributed by atoms with Gasteiger partial charge in [-0.3, -0.25) is 4.79 Å². The molecule has 4 nitrogen and oxygen atoms in total. The van der Waals surface area contributed by atoms with E-state index < -0.39 is 5.91 Å². The van der Waals surface area contributed by atoms with Crippen molar-refractivity contribution in [1.82, 2.24) is 0 Å². The Morgan fingerprint density at radius 3 is 2.55 bits per heavy atom. The largest absolute Gasteiger partial charge is 0.489 e. The SMILES string of the molecule is Cc1ccccc1COc1ccc(/C=C(\C#N)C(=O)Nc2cccc(I)c2)cc1. The van der Waals surface area contributed by atoms with E-state index in [0.717, 1.165) is 20.4 Å². The highest BCUT2D eigenvalue weighted by atomic mass is 127. The second-order valence-electron chi connectivity index (χ2n) is 6.42. The van der Waals surface area contributed by atoms with Crippen molar-refractivity contribution in [2.24, 2.45) is 0 Å². The van der Waals surface area contributed by atoms with Crippen molar-refractivity contribution in [3.63, 3.8) is 0 Å². The van der Waals surface area contributed by atoms with E-state index in [9.17, 15) is 10.1 Å². The molecule has 0 spiro atoms. The minimum Gasteiger partial charge on any atom is -0.489 e. The number of benzene rings is 3. The number of ether oxygens (including phenoxy) is 1. The number of amides is 1. The number of carbonyl (C=O) groups excluding carboxylic acids is 1. The lowest BCUT2D eigenvalue weighted by molar-refractivity contribution is -0.112. The van der Waals surface area contributed by atoms with E-state index >= 15 is 0 Å². The van der Waals surface area contributed by atoms with Crippen LogP contribution in [0.15, 0.2) is 78.4 Å². The van der Waals surface area contributed by atoms with Crippen LogP contribution in [0.1, 0.15) is 16.7 Å². The molecule has 0 fully saturated rings. The molecule has 0 saturated heterocycles. The molecule has 29 heavy (non-hydrogen) atoms. The van der Waals surface area contributed by atoms with Gasteiger partial charge in [-0.1, -0.05) is 42.5 Å². The molecule has 0 aliphatic carbocycles. The standard InChI is InChI=1S/C24H19IN2O2/c1-17-5-2-3-6-19(17)16-29-23-11-9-18(10-12-23)13-20(15-26)24(28)27-22-8-4-7-21(25)14-22/h2-14H,16H2,1H3,(H,27,28)/b20-13+. The Bertz CT molecular complexity index is 1080. The first kappa shape index (κ1) is 20.6. The molecular weight excluding hydrogens is 475 g/mol. The lowest BCUT2D eigenvalue weighted by atomic mass is 10.1. The number of halogens is 1. The van der Waals surface area contributed by atoms with Crippen LogP contribution in [-0.4, -0.2) is 5.91 Å². The van der Waals surface area contributed by atoms with Crippen molar-refractivity contribution in [2.45, 2.75) is 13.5 Å². The second kappa shape index (κ2) is 9.89. The highest BCUT2D eigenvalue weighted by Crippen LogP contribution is 2.18. The summed E-state index contributed by atoms with van der Waals surface area (Å²) in [6.45, 7) is 2.54. The molecule has 0 radical (unpaired) electrons. The number of hydrogen-bond acceptors (Lipinski definition) is 3. The van der Waals surface area contributed by atoms with Gasteiger partial charge >= 0.3 is 0 Å². The maximum absolute atomic E-state index is 12.4. The van der Waals surface area contributed by atoms with E-state index in [2.05, 4.69) is 40.9 Å². The third kappa shape index (κ3) is 5.93. The Balaban J connectivity index is 1.66. The monoisotopic (exact) mass is 494 g/mol. The maximum atomic E-state index is 12.4. The fourth-order valence-corrected chi connectivity index (χ4v) is 3.22. The van der Waals surface area contributed by atoms with Crippen LogP contribution < -0.4 is 10.1 Å². The molecule has 0 unspecified atom stereocenters. The first-order valence-electron chi connectivity index (χ1n) is 9.01. The Morgan fingerprint density at radius 1 is 1.10 bits per heavy atom. The van der Waals surface area contributed by atoms with E-state index in [1.54, 1.807) is 12.1 Å². The zero-order valence-electron chi connectivity index (χ0n) is 15.9. The summed E-state index contributed by atoms with van der Waals surface area (Å²) in [4.78, 5) is 12.4. The molecule has 144 valence electrons. The summed E-state index contributed by atoms with van der Waals surface area (Å²) in [7, 11) is 0. The maximum Gasteiger partial charge on any atom is 0.266 e. The average Bonchev–Trinajstić information content (AvgIpc) is 2.72. The van der Waals surface area contributed by atoms with Crippen molar-refractivity contribution < 1.29 is 9.53 Å². The van der Waals surface area contributed by atoms with Crippen LogP contribution in [-0.2, 0) is 11.4 Å². The Hall–Kier alpha value is -3.11. The van der Waals surface area contributed by atoms with Gasteiger partial charge < -0.3 is 10.1 Å². The van der Waals surface area contributed by atoms with E-state index in [-0.39, 0.29) is 5.57 Å². The number of aryl methyl sites for hydroxylation is 1. The summed E-state index contributed by atoms with van der Waals surface area (Å²) >= 11 is 2.17. The lowest BCUT2D eigenvalue weighted by Gasteiger charge is -2.09. The smallest absolute Gasteiger partial charge is 0.266 e. The Morgan fingerprint density at radius 2 is 1.86 bits per heavy atom. The van der Waals surface area contributed by atoms with Crippen LogP contribution >= 0.6 is 22.6 Å². The Labute approximate surface area is 184 Å². The number of rotatable bonds is 6. The third-order valence-corrected chi connectivity index (χ3v) is 4.97. The molecular formula is C24H19IN2O2. The molecule has 3 aromatic carbocycles. The van der Waals surface area contributed by atoms with Gasteiger partial charge in [0.25, 0.3) is 5.91 Å². The second-order valence-corrected chi connectivity index (χ2v) is 7.66. The van der Waals surface area contributed by atoms with Gasteiger partial charge in [-0.2, -0.15) is 5.26 Å². The van der Waals surface area contributed by atoms with E-state index in [1.165, 1.54) is 5.56 Å². The van der Waals surface area contributed by atoms with Crippen LogP contribution in [0.4, 0.5) is 5.69 Å². The number of anilines is 1. The molecule has 3 rings (SSSR count). The number of nitrogens with one attached hydrogen (secondary N) is 1. The minimum absolute atomic E-state index is 0.0393. The highest BCUT2D eigenvalue weighted by molar-refractivity contribution is 14.1. The number of hydrogen-bond donors (Lipinski definition) is 1. The molecule has 1 N–H and O–H groups in total. The van der Waals surface area contributed by atoms with Crippen molar-refractivity contribution in [2.75, 3.05) is 5.32 Å². The summed E-state index contributed by atoms with van der Waals surface area (Å²) in [5.74, 6) is 0.293. The number of carbonyl (C=O) groups is 1. The predicted octanol–water partition coefficient (Wildman–Crippen LogP) is 5.72. The molecule has 0 aliphatic rings. The van der Waals surface area contributed by atoms with E-state index in [0.29, 0.717) is 12.3 Å². The third-order valence-electron chi connectivity index (χ3n) is 4.29. The van der Waals surface area contributed by atoms with Gasteiger partial charge in [0, 0.05) is 9.26 Å². The van der Waals surface area contributed by atoms with Crippen molar-refractivity contribution in [3.05, 3.63) is 98.6 Å². The summed E-state index contributed by atoms with van der Waals surface area (Å²) < 4.78 is 6.84. The zero-order chi connectivity index (χ0) is 20.6. The molecule has 0 atom stereocenters. The van der Waals surface area contributed by atoms with Gasteiger partial charge in [0.1, 0.15) is 24.0 Å². The summed E-state index contributed by atoms with van der Waals surface area (Å²) in [6.07, 6.45) is 1.56. The molecule has 0 bridgehead atoms. The van der Waals surface area contributed by atoms with Gasteiger partial charge in [-0.15, -0.1) is 0 Å². The van der Waals surface area contributed by atoms with Crippen molar-refractivity contribution in [3.8, 4) is 11.8 Å². The quantitative estimate of drug-likeness (QED) is 0.271. The summed E-state index contributed by atoms with van der Waals surface area (Å²) in [5.41, 5.74) is 3.77. The fourth-order valence-electron chi connectivity index (χ4n) is 2.67. The molecule has 3 aromatic rings. The van der Waals surface area contributed by atoms with Gasteiger partial charge in [0.15, 0.2) is 0 Å². The molecule has 0 saturated carbocycles. The van der Waals surface area contributed by atoms with Crippen LogP contribution in [0.2, 0.25) is 0 Å². The molecule has 5 heteroatoms. The molecule has 0 aromatic heterocycles. The average molecular weight is 494 g/mol. The first-order chi connectivity index (χ1) is 14.0. The van der Waals surface area contributed by atoms with Crippen molar-refractivity contribution >= 4 is 40.3 Å². The van der Waals surface area contributed by atoms with Crippen molar-refractivity contribution in [1.29, 1.82) is 5.26 Å². The lowest BCUT2D eigenvalue weighted by Crippen LogP contribution is -2.13.